The van der Waals surface area contributed by atoms with Crippen molar-refractivity contribution < 1.29 is 9.31 Å². The Hall–Kier alpha value is -0.865. The molecule has 3 nitrogen and oxygen atoms in total. The number of hydrogen-bond acceptors (Lipinski definition) is 3. The van der Waals surface area contributed by atoms with Gasteiger partial charge in [-0.2, -0.15) is 0 Å². The van der Waals surface area contributed by atoms with Gasteiger partial charge < -0.3 is 9.31 Å². The molecule has 0 bridgehead atoms. The van der Waals surface area contributed by atoms with E-state index in [1.807, 2.05) is 6.20 Å². The molecule has 1 aromatic heterocycles. The Morgan fingerprint density at radius 3 is 2.35 bits per heavy atom. The summed E-state index contributed by atoms with van der Waals surface area (Å²) in [6, 6.07) is 2.14. The van der Waals surface area contributed by atoms with Crippen LogP contribution >= 0.6 is 0 Å². The third-order valence-corrected chi connectivity index (χ3v) is 5.04. The monoisotopic (exact) mass is 273 g/mol. The average molecular weight is 273 g/mol. The van der Waals surface area contributed by atoms with Crippen molar-refractivity contribution >= 4 is 12.7 Å². The SMILES string of the molecule is Cc1c(CC2CC2)ccnc1B1OC(C)(C)C(C)(C)O1. The topological polar surface area (TPSA) is 31.4 Å². The van der Waals surface area contributed by atoms with Crippen LogP contribution in [0.5, 0.6) is 0 Å². The van der Waals surface area contributed by atoms with E-state index in [9.17, 15) is 0 Å². The maximum Gasteiger partial charge on any atom is 0.514 e. The first-order valence-corrected chi connectivity index (χ1v) is 7.60. The Bertz CT molecular complexity index is 507. The van der Waals surface area contributed by atoms with Crippen LogP contribution in [-0.2, 0) is 15.7 Å². The summed E-state index contributed by atoms with van der Waals surface area (Å²) in [6.45, 7) is 10.5. The van der Waals surface area contributed by atoms with Gasteiger partial charge in [-0.1, -0.05) is 0 Å². The highest BCUT2D eigenvalue weighted by Gasteiger charge is 2.52. The van der Waals surface area contributed by atoms with Crippen molar-refractivity contribution in [2.45, 2.75) is 65.1 Å². The van der Waals surface area contributed by atoms with Crippen molar-refractivity contribution in [2.75, 3.05) is 0 Å². The van der Waals surface area contributed by atoms with E-state index in [0.29, 0.717) is 0 Å². The molecule has 4 heteroatoms. The zero-order valence-corrected chi connectivity index (χ0v) is 13.2. The zero-order valence-electron chi connectivity index (χ0n) is 13.2. The third kappa shape index (κ3) is 2.40. The van der Waals surface area contributed by atoms with E-state index in [1.54, 1.807) is 0 Å². The molecule has 20 heavy (non-hydrogen) atoms. The summed E-state index contributed by atoms with van der Waals surface area (Å²) in [7, 11) is -0.348. The average Bonchev–Trinajstić information content (AvgIpc) is 3.10. The van der Waals surface area contributed by atoms with Gasteiger partial charge in [0.05, 0.1) is 16.8 Å². The molecule has 0 radical (unpaired) electrons. The quantitative estimate of drug-likeness (QED) is 0.793. The second-order valence-electron chi connectivity index (χ2n) is 7.22. The second-order valence-corrected chi connectivity index (χ2v) is 7.22. The highest BCUT2D eigenvalue weighted by molar-refractivity contribution is 6.61. The van der Waals surface area contributed by atoms with Gasteiger partial charge in [0.15, 0.2) is 0 Å². The Kier molecular flexibility index (Phi) is 3.22. The van der Waals surface area contributed by atoms with Crippen LogP contribution in [0.15, 0.2) is 12.3 Å². The summed E-state index contributed by atoms with van der Waals surface area (Å²) < 4.78 is 12.2. The van der Waals surface area contributed by atoms with Crippen LogP contribution in [0.1, 0.15) is 51.7 Å². The van der Waals surface area contributed by atoms with Gasteiger partial charge in [-0.15, -0.1) is 0 Å². The van der Waals surface area contributed by atoms with E-state index in [1.165, 1.54) is 30.4 Å². The summed E-state index contributed by atoms with van der Waals surface area (Å²) in [5.74, 6) is 0.877. The first kappa shape index (κ1) is 14.1. The lowest BCUT2D eigenvalue weighted by atomic mass is 9.79. The highest BCUT2D eigenvalue weighted by Crippen LogP contribution is 2.37. The number of nitrogens with zero attached hydrogens (tertiary/aromatic N) is 1. The summed E-state index contributed by atoms with van der Waals surface area (Å²) in [4.78, 5) is 4.53. The van der Waals surface area contributed by atoms with Crippen LogP contribution in [0.3, 0.4) is 0 Å². The molecule has 2 heterocycles. The van der Waals surface area contributed by atoms with Crippen LogP contribution in [0.2, 0.25) is 0 Å². The normalized spacial score (nSPS) is 24.1. The zero-order chi connectivity index (χ0) is 14.5. The fourth-order valence-electron chi connectivity index (χ4n) is 2.64. The smallest absolute Gasteiger partial charge is 0.398 e. The van der Waals surface area contributed by atoms with Crippen molar-refractivity contribution in [2.24, 2.45) is 5.92 Å². The molecular weight excluding hydrogens is 249 g/mol. The Morgan fingerprint density at radius 1 is 1.20 bits per heavy atom. The van der Waals surface area contributed by atoms with Gasteiger partial charge in [0.25, 0.3) is 0 Å². The molecular formula is C16H24BNO2. The molecule has 0 atom stereocenters. The third-order valence-electron chi connectivity index (χ3n) is 5.04. The van der Waals surface area contributed by atoms with Crippen LogP contribution < -0.4 is 5.59 Å². The molecule has 0 N–H and O–H groups in total. The largest absolute Gasteiger partial charge is 0.514 e. The van der Waals surface area contributed by atoms with E-state index >= 15 is 0 Å². The van der Waals surface area contributed by atoms with E-state index in [0.717, 1.165) is 11.5 Å². The Morgan fingerprint density at radius 2 is 1.80 bits per heavy atom. The van der Waals surface area contributed by atoms with Gasteiger partial charge in [0, 0.05) is 6.20 Å². The van der Waals surface area contributed by atoms with Crippen molar-refractivity contribution in [3.63, 3.8) is 0 Å². The van der Waals surface area contributed by atoms with Crippen molar-refractivity contribution in [1.82, 2.24) is 4.98 Å². The van der Waals surface area contributed by atoms with Crippen molar-refractivity contribution in [1.29, 1.82) is 0 Å². The molecule has 3 rings (SSSR count). The van der Waals surface area contributed by atoms with Gasteiger partial charge in [-0.3, -0.25) is 4.98 Å². The van der Waals surface area contributed by atoms with E-state index < -0.39 is 0 Å². The molecule has 1 aliphatic carbocycles. The summed E-state index contributed by atoms with van der Waals surface area (Å²) in [6.07, 6.45) is 5.80. The minimum atomic E-state index is -0.348. The van der Waals surface area contributed by atoms with Gasteiger partial charge in [-0.05, 0) is 77.0 Å². The molecule has 1 saturated carbocycles. The molecule has 0 spiro atoms. The van der Waals surface area contributed by atoms with Crippen LogP contribution in [0, 0.1) is 12.8 Å². The predicted molar refractivity (Wildman–Crippen MR) is 81.1 cm³/mol. The Labute approximate surface area is 122 Å². The lowest BCUT2D eigenvalue weighted by molar-refractivity contribution is 0.00578. The van der Waals surface area contributed by atoms with E-state index in [4.69, 9.17) is 9.31 Å². The fourth-order valence-corrected chi connectivity index (χ4v) is 2.64. The minimum absolute atomic E-state index is 0.307. The minimum Gasteiger partial charge on any atom is -0.398 e. The molecule has 2 aliphatic rings. The Balaban J connectivity index is 1.87. The maximum absolute atomic E-state index is 6.12. The van der Waals surface area contributed by atoms with Crippen LogP contribution in [0.4, 0.5) is 0 Å². The molecule has 0 unspecified atom stereocenters. The number of hydrogen-bond donors (Lipinski definition) is 0. The van der Waals surface area contributed by atoms with Crippen molar-refractivity contribution in [3.8, 4) is 0 Å². The van der Waals surface area contributed by atoms with Crippen LogP contribution in [-0.4, -0.2) is 23.3 Å². The maximum atomic E-state index is 6.12. The number of aromatic nitrogens is 1. The fraction of sp³-hybridized carbons (Fsp3) is 0.688. The van der Waals surface area contributed by atoms with Gasteiger partial charge in [-0.25, -0.2) is 0 Å². The summed E-state index contributed by atoms with van der Waals surface area (Å²) in [5, 5.41) is 0. The lowest BCUT2D eigenvalue weighted by Gasteiger charge is -2.32. The van der Waals surface area contributed by atoms with Gasteiger partial charge in [0.1, 0.15) is 0 Å². The lowest BCUT2D eigenvalue weighted by Crippen LogP contribution is -2.41. The summed E-state index contributed by atoms with van der Waals surface area (Å²) >= 11 is 0. The first-order valence-electron chi connectivity index (χ1n) is 7.60. The number of pyridine rings is 1. The highest BCUT2D eigenvalue weighted by atomic mass is 16.7. The molecule has 2 fully saturated rings. The molecule has 1 aromatic rings. The molecule has 1 aliphatic heterocycles. The molecule has 108 valence electrons. The molecule has 0 aromatic carbocycles. The molecule has 1 saturated heterocycles. The van der Waals surface area contributed by atoms with E-state index in [2.05, 4.69) is 45.7 Å². The standard InChI is InChI=1S/C16H24BNO2/c1-11-13(10-12-6-7-12)8-9-18-14(11)17-19-15(2,3)16(4,5)20-17/h8-9,12H,6-7,10H2,1-5H3. The van der Waals surface area contributed by atoms with Crippen molar-refractivity contribution in [3.05, 3.63) is 23.4 Å². The molecule has 0 amide bonds. The first-order chi connectivity index (χ1) is 9.30. The predicted octanol–water partition coefficient (Wildman–Crippen LogP) is 2.64. The van der Waals surface area contributed by atoms with E-state index in [-0.39, 0.29) is 18.3 Å². The second kappa shape index (κ2) is 4.57. The van der Waals surface area contributed by atoms with Crippen LogP contribution in [0.25, 0.3) is 0 Å². The number of rotatable bonds is 3. The van der Waals surface area contributed by atoms with Gasteiger partial charge >= 0.3 is 7.12 Å². The van der Waals surface area contributed by atoms with Gasteiger partial charge in [0.2, 0.25) is 0 Å². The summed E-state index contributed by atoms with van der Waals surface area (Å²) in [5.41, 5.74) is 2.96.